The van der Waals surface area contributed by atoms with Gasteiger partial charge in [0.05, 0.1) is 17.9 Å². The van der Waals surface area contributed by atoms with Gasteiger partial charge in [-0.15, -0.1) is 5.10 Å². The van der Waals surface area contributed by atoms with Gasteiger partial charge < -0.3 is 9.64 Å². The zero-order chi connectivity index (χ0) is 23.6. The minimum Gasteiger partial charge on any atom is -0.455 e. The molecule has 12 heteroatoms. The smallest absolute Gasteiger partial charge is 0.310 e. The highest BCUT2D eigenvalue weighted by molar-refractivity contribution is 7.98. The van der Waals surface area contributed by atoms with E-state index in [2.05, 4.69) is 15.1 Å². The van der Waals surface area contributed by atoms with Crippen molar-refractivity contribution in [3.8, 4) is 0 Å². The normalized spacial score (nSPS) is 18.6. The van der Waals surface area contributed by atoms with Gasteiger partial charge in [-0.2, -0.15) is 4.98 Å². The van der Waals surface area contributed by atoms with Crippen LogP contribution < -0.4 is 0 Å². The summed E-state index contributed by atoms with van der Waals surface area (Å²) in [4.78, 5) is 35.7. The van der Waals surface area contributed by atoms with Crippen molar-refractivity contribution in [3.63, 3.8) is 0 Å². The zero-order valence-corrected chi connectivity index (χ0v) is 20.6. The Hall–Kier alpha value is -2.21. The third-order valence-electron chi connectivity index (χ3n) is 5.85. The van der Waals surface area contributed by atoms with Gasteiger partial charge in [0.25, 0.3) is 11.7 Å². The van der Waals surface area contributed by atoms with Crippen LogP contribution in [0.5, 0.6) is 0 Å². The number of thioether (sulfide) groups is 1. The number of aryl methyl sites for hydroxylation is 2. The summed E-state index contributed by atoms with van der Waals surface area (Å²) in [7, 11) is -3.14. The van der Waals surface area contributed by atoms with E-state index in [4.69, 9.17) is 4.74 Å². The third-order valence-corrected chi connectivity index (χ3v) is 8.13. The number of ether oxygens (including phenoxy) is 1. The number of carbonyl (C=O) groups excluding carboxylic acids is 2. The van der Waals surface area contributed by atoms with Crippen LogP contribution in [0.15, 0.2) is 5.16 Å². The fourth-order valence-corrected chi connectivity index (χ4v) is 5.99. The zero-order valence-electron chi connectivity index (χ0n) is 19.0. The Bertz CT molecular complexity index is 1130. The molecule has 1 aliphatic heterocycles. The molecule has 0 bridgehead atoms. The second-order valence-electron chi connectivity index (χ2n) is 8.02. The number of fused-ring (bicyclic) bond motifs is 1. The van der Waals surface area contributed by atoms with E-state index in [-0.39, 0.29) is 35.9 Å². The summed E-state index contributed by atoms with van der Waals surface area (Å²) in [5, 5.41) is 4.95. The molecular weight excluding hydrogens is 454 g/mol. The van der Waals surface area contributed by atoms with Crippen LogP contribution >= 0.6 is 11.8 Å². The summed E-state index contributed by atoms with van der Waals surface area (Å²) < 4.78 is 30.6. The largest absolute Gasteiger partial charge is 0.455 e. The molecule has 1 amide bonds. The quantitative estimate of drug-likeness (QED) is 0.404. The highest BCUT2D eigenvalue weighted by Crippen LogP contribution is 2.22. The number of hydrogen-bond acceptors (Lipinski definition) is 9. The van der Waals surface area contributed by atoms with E-state index in [0.29, 0.717) is 35.0 Å². The first-order chi connectivity index (χ1) is 15.1. The van der Waals surface area contributed by atoms with Crippen LogP contribution in [0.2, 0.25) is 0 Å². The van der Waals surface area contributed by atoms with E-state index < -0.39 is 22.4 Å². The fourth-order valence-electron chi connectivity index (χ4n) is 3.95. The first-order valence-electron chi connectivity index (χ1n) is 10.5. The van der Waals surface area contributed by atoms with Crippen LogP contribution in [0.4, 0.5) is 0 Å². The molecule has 32 heavy (non-hydrogen) atoms. The molecule has 1 fully saturated rings. The Morgan fingerprint density at radius 2 is 2.03 bits per heavy atom. The van der Waals surface area contributed by atoms with Gasteiger partial charge >= 0.3 is 5.97 Å². The third kappa shape index (κ3) is 5.22. The topological polar surface area (TPSA) is 124 Å². The van der Waals surface area contributed by atoms with E-state index in [1.807, 2.05) is 27.0 Å². The molecule has 2 aromatic rings. The average Bonchev–Trinajstić information content (AvgIpc) is 3.32. The van der Waals surface area contributed by atoms with Crippen molar-refractivity contribution in [2.45, 2.75) is 64.2 Å². The molecule has 0 spiro atoms. The molecule has 0 unspecified atom stereocenters. The Morgan fingerprint density at radius 3 is 2.62 bits per heavy atom. The minimum atomic E-state index is -3.14. The molecule has 0 radical (unpaired) electrons. The number of carbonyl (C=O) groups is 2. The molecule has 3 rings (SSSR count). The summed E-state index contributed by atoms with van der Waals surface area (Å²) in [6.07, 6.45) is 2.90. The molecule has 0 N–H and O–H groups in total. The Morgan fingerprint density at radius 1 is 1.31 bits per heavy atom. The van der Waals surface area contributed by atoms with Crippen LogP contribution in [-0.4, -0.2) is 81.2 Å². The van der Waals surface area contributed by atoms with Gasteiger partial charge in [-0.25, -0.2) is 17.9 Å². The van der Waals surface area contributed by atoms with E-state index in [1.54, 1.807) is 16.3 Å². The van der Waals surface area contributed by atoms with Crippen LogP contribution in [0.25, 0.3) is 5.78 Å². The van der Waals surface area contributed by atoms with Gasteiger partial charge in [-0.1, -0.05) is 18.7 Å². The second kappa shape index (κ2) is 9.74. The Labute approximate surface area is 192 Å². The number of hydrogen-bond donors (Lipinski definition) is 0. The summed E-state index contributed by atoms with van der Waals surface area (Å²) in [6.45, 7) is 7.01. The number of rotatable bonds is 8. The van der Waals surface area contributed by atoms with Gasteiger partial charge in [0.1, 0.15) is 0 Å². The standard InChI is InChI=1S/C20H29N5O5S2/c1-6-12(2)24(15-7-8-32(28,29)11-15)17(26)10-30-18(27)9-16-13(3)21-19-22-20(31-5)23-25(19)14(16)4/h12,15H,6-11H2,1-5H3/t12-,15-/m0/s1. The van der Waals surface area contributed by atoms with Crippen molar-refractivity contribution in [2.75, 3.05) is 24.4 Å². The van der Waals surface area contributed by atoms with Crippen LogP contribution in [0.3, 0.4) is 0 Å². The number of sulfone groups is 1. The van der Waals surface area contributed by atoms with Crippen molar-refractivity contribution in [1.29, 1.82) is 0 Å². The number of amides is 1. The van der Waals surface area contributed by atoms with Gasteiger partial charge in [-0.05, 0) is 39.9 Å². The molecule has 0 saturated carbocycles. The predicted octanol–water partition coefficient (Wildman–Crippen LogP) is 1.36. The first kappa shape index (κ1) is 24.4. The molecule has 0 aliphatic carbocycles. The molecule has 2 aromatic heterocycles. The van der Waals surface area contributed by atoms with Crippen LogP contribution in [0, 0.1) is 13.8 Å². The Balaban J connectivity index is 1.69. The predicted molar refractivity (Wildman–Crippen MR) is 120 cm³/mol. The maximum Gasteiger partial charge on any atom is 0.310 e. The van der Waals surface area contributed by atoms with Gasteiger partial charge in [0, 0.05) is 29.0 Å². The first-order valence-corrected chi connectivity index (χ1v) is 13.5. The second-order valence-corrected chi connectivity index (χ2v) is 11.0. The Kier molecular flexibility index (Phi) is 7.43. The van der Waals surface area contributed by atoms with Crippen molar-refractivity contribution < 1.29 is 22.7 Å². The van der Waals surface area contributed by atoms with Crippen LogP contribution in [-0.2, 0) is 30.6 Å². The van der Waals surface area contributed by atoms with Gasteiger partial charge in [-0.3, -0.25) is 9.59 Å². The van der Waals surface area contributed by atoms with E-state index in [9.17, 15) is 18.0 Å². The molecular formula is C20H29N5O5S2. The molecule has 3 heterocycles. The fraction of sp³-hybridized carbons (Fsp3) is 0.650. The lowest BCUT2D eigenvalue weighted by molar-refractivity contribution is -0.153. The maximum absolute atomic E-state index is 12.9. The van der Waals surface area contributed by atoms with Crippen molar-refractivity contribution in [3.05, 3.63) is 17.0 Å². The lowest BCUT2D eigenvalue weighted by Gasteiger charge is -2.33. The van der Waals surface area contributed by atoms with E-state index >= 15 is 0 Å². The molecule has 176 valence electrons. The number of nitrogens with zero attached hydrogens (tertiary/aromatic N) is 5. The lowest BCUT2D eigenvalue weighted by Crippen LogP contribution is -2.48. The van der Waals surface area contributed by atoms with Crippen molar-refractivity contribution in [2.24, 2.45) is 0 Å². The summed E-state index contributed by atoms with van der Waals surface area (Å²) >= 11 is 1.40. The molecule has 0 aromatic carbocycles. The molecule has 10 nitrogen and oxygen atoms in total. The molecule has 1 aliphatic rings. The highest BCUT2D eigenvalue weighted by atomic mass is 32.2. The highest BCUT2D eigenvalue weighted by Gasteiger charge is 2.36. The summed E-state index contributed by atoms with van der Waals surface area (Å²) in [5.41, 5.74) is 2.06. The van der Waals surface area contributed by atoms with Gasteiger partial charge in [0.15, 0.2) is 16.4 Å². The summed E-state index contributed by atoms with van der Waals surface area (Å²) in [5.74, 6) is -0.437. The van der Waals surface area contributed by atoms with E-state index in [0.717, 1.165) is 5.69 Å². The molecule has 2 atom stereocenters. The number of esters is 1. The van der Waals surface area contributed by atoms with E-state index in [1.165, 1.54) is 11.8 Å². The van der Waals surface area contributed by atoms with Gasteiger partial charge in [0.2, 0.25) is 5.16 Å². The SMILES string of the molecule is CC[C@H](C)N(C(=O)COC(=O)Cc1c(C)nc2nc(SC)nn2c1C)[C@H]1CCS(=O)(=O)C1. The molecule has 1 saturated heterocycles. The lowest BCUT2D eigenvalue weighted by atomic mass is 10.1. The van der Waals surface area contributed by atoms with Crippen LogP contribution in [0.1, 0.15) is 43.6 Å². The van der Waals surface area contributed by atoms with Crippen molar-refractivity contribution in [1.82, 2.24) is 24.5 Å². The average molecular weight is 484 g/mol. The summed E-state index contributed by atoms with van der Waals surface area (Å²) in [6, 6.07) is -0.524. The maximum atomic E-state index is 12.9. The van der Waals surface area contributed by atoms with Crippen molar-refractivity contribution >= 4 is 39.3 Å². The number of aromatic nitrogens is 4. The monoisotopic (exact) mass is 483 g/mol. The minimum absolute atomic E-state index is 0.0446.